The standard InChI is InChI=1S/C19H16N4O2/c20-11-12-23-17(14-9-5-2-6-10-14)15-16(13-7-3-1-4-8-13)21-22-19(15,25)18(23)24/h1-10,15,17,22,25H,12H2. The van der Waals surface area contributed by atoms with Crippen LogP contribution >= 0.6 is 0 Å². The van der Waals surface area contributed by atoms with Crippen LogP contribution in [0.15, 0.2) is 65.8 Å². The van der Waals surface area contributed by atoms with Crippen LogP contribution in [0, 0.1) is 17.2 Å². The van der Waals surface area contributed by atoms with E-state index in [0.717, 1.165) is 11.1 Å². The quantitative estimate of drug-likeness (QED) is 0.832. The number of likely N-dealkylation sites (tertiary alicyclic amines) is 1. The molecule has 1 saturated heterocycles. The molecule has 1 fully saturated rings. The number of amides is 1. The van der Waals surface area contributed by atoms with E-state index in [2.05, 4.69) is 10.5 Å². The number of rotatable bonds is 3. The summed E-state index contributed by atoms with van der Waals surface area (Å²) in [4.78, 5) is 14.3. The van der Waals surface area contributed by atoms with Crippen molar-refractivity contribution in [3.63, 3.8) is 0 Å². The highest BCUT2D eigenvalue weighted by molar-refractivity contribution is 6.10. The molecule has 124 valence electrons. The van der Waals surface area contributed by atoms with E-state index in [0.29, 0.717) is 5.71 Å². The van der Waals surface area contributed by atoms with E-state index in [4.69, 9.17) is 5.26 Å². The van der Waals surface area contributed by atoms with Crippen LogP contribution in [0.5, 0.6) is 0 Å². The molecule has 0 aliphatic carbocycles. The summed E-state index contributed by atoms with van der Waals surface area (Å²) in [5, 5.41) is 24.5. The average molecular weight is 332 g/mol. The lowest BCUT2D eigenvalue weighted by atomic mass is 9.83. The molecule has 3 unspecified atom stereocenters. The Morgan fingerprint density at radius 1 is 1.16 bits per heavy atom. The number of hydrogen-bond acceptors (Lipinski definition) is 5. The van der Waals surface area contributed by atoms with Gasteiger partial charge in [0, 0.05) is 0 Å². The van der Waals surface area contributed by atoms with E-state index in [1.807, 2.05) is 66.7 Å². The van der Waals surface area contributed by atoms with Crippen molar-refractivity contribution in [2.24, 2.45) is 11.0 Å². The first-order valence-electron chi connectivity index (χ1n) is 8.02. The molecule has 2 heterocycles. The van der Waals surface area contributed by atoms with Gasteiger partial charge in [-0.3, -0.25) is 10.2 Å². The molecule has 6 nitrogen and oxygen atoms in total. The van der Waals surface area contributed by atoms with Crippen LogP contribution in [0.3, 0.4) is 0 Å². The Labute approximate surface area is 145 Å². The molecule has 4 rings (SSSR count). The average Bonchev–Trinajstić information content (AvgIpc) is 3.10. The van der Waals surface area contributed by atoms with Gasteiger partial charge < -0.3 is 10.0 Å². The molecule has 0 aromatic heterocycles. The topological polar surface area (TPSA) is 88.7 Å². The fourth-order valence-electron chi connectivity index (χ4n) is 3.69. The van der Waals surface area contributed by atoms with Crippen molar-refractivity contribution in [3.05, 3.63) is 71.8 Å². The van der Waals surface area contributed by atoms with Crippen molar-refractivity contribution in [3.8, 4) is 6.07 Å². The molecule has 2 N–H and O–H groups in total. The van der Waals surface area contributed by atoms with Gasteiger partial charge in [-0.1, -0.05) is 60.7 Å². The minimum absolute atomic E-state index is 0.0963. The summed E-state index contributed by atoms with van der Waals surface area (Å²) in [5.41, 5.74) is 3.11. The zero-order valence-electron chi connectivity index (χ0n) is 13.3. The van der Waals surface area contributed by atoms with Crippen LogP contribution in [0.25, 0.3) is 0 Å². The number of nitrogens with zero attached hydrogens (tertiary/aromatic N) is 3. The van der Waals surface area contributed by atoms with Gasteiger partial charge in [-0.25, -0.2) is 0 Å². The molecule has 0 radical (unpaired) electrons. The zero-order chi connectivity index (χ0) is 17.4. The summed E-state index contributed by atoms with van der Waals surface area (Å²) in [6.07, 6.45) is 0. The maximum absolute atomic E-state index is 12.8. The van der Waals surface area contributed by atoms with Gasteiger partial charge in [-0.2, -0.15) is 10.4 Å². The molecular weight excluding hydrogens is 316 g/mol. The summed E-state index contributed by atoms with van der Waals surface area (Å²) in [6, 6.07) is 20.5. The van der Waals surface area contributed by atoms with Crippen molar-refractivity contribution >= 4 is 11.6 Å². The number of nitriles is 1. The SMILES string of the molecule is N#CCN1C(=O)C2(O)NN=C(c3ccccc3)C2C1c1ccccc1. The Morgan fingerprint density at radius 3 is 2.44 bits per heavy atom. The minimum Gasteiger partial charge on any atom is -0.362 e. The van der Waals surface area contributed by atoms with Gasteiger partial charge in [0.25, 0.3) is 5.91 Å². The molecule has 3 atom stereocenters. The van der Waals surface area contributed by atoms with Crippen LogP contribution in [0.1, 0.15) is 17.2 Å². The highest BCUT2D eigenvalue weighted by Crippen LogP contribution is 2.46. The summed E-state index contributed by atoms with van der Waals surface area (Å²) < 4.78 is 0. The third kappa shape index (κ3) is 2.21. The lowest BCUT2D eigenvalue weighted by Crippen LogP contribution is -2.51. The summed E-state index contributed by atoms with van der Waals surface area (Å²) in [7, 11) is 0. The molecule has 0 spiro atoms. The first-order valence-corrected chi connectivity index (χ1v) is 8.02. The molecule has 1 amide bonds. The van der Waals surface area contributed by atoms with Crippen molar-refractivity contribution in [1.82, 2.24) is 10.3 Å². The number of aliphatic hydroxyl groups is 1. The van der Waals surface area contributed by atoms with Gasteiger partial charge in [0.1, 0.15) is 6.54 Å². The molecule has 2 aliphatic rings. The molecule has 0 saturated carbocycles. The van der Waals surface area contributed by atoms with Gasteiger partial charge in [0.05, 0.1) is 23.7 Å². The molecule has 2 aromatic carbocycles. The van der Waals surface area contributed by atoms with Crippen LogP contribution in [0.2, 0.25) is 0 Å². The van der Waals surface area contributed by atoms with Gasteiger partial charge in [-0.15, -0.1) is 0 Å². The molecule has 6 heteroatoms. The summed E-state index contributed by atoms with van der Waals surface area (Å²) >= 11 is 0. The first-order chi connectivity index (χ1) is 12.2. The van der Waals surface area contributed by atoms with Gasteiger partial charge in [0.15, 0.2) is 0 Å². The molecule has 25 heavy (non-hydrogen) atoms. The minimum atomic E-state index is -1.83. The van der Waals surface area contributed by atoms with Crippen molar-refractivity contribution in [1.29, 1.82) is 5.26 Å². The van der Waals surface area contributed by atoms with Crippen LogP contribution in [0.4, 0.5) is 0 Å². The summed E-state index contributed by atoms with van der Waals surface area (Å²) in [6.45, 7) is -0.0963. The van der Waals surface area contributed by atoms with E-state index in [-0.39, 0.29) is 6.54 Å². The maximum atomic E-state index is 12.8. The second kappa shape index (κ2) is 5.72. The van der Waals surface area contributed by atoms with Crippen molar-refractivity contribution < 1.29 is 9.90 Å². The Hall–Kier alpha value is -3.17. The third-order valence-electron chi connectivity index (χ3n) is 4.78. The lowest BCUT2D eigenvalue weighted by Gasteiger charge is -2.26. The maximum Gasteiger partial charge on any atom is 0.279 e. The zero-order valence-corrected chi connectivity index (χ0v) is 13.3. The molecule has 2 aromatic rings. The van der Waals surface area contributed by atoms with Gasteiger partial charge in [0.2, 0.25) is 5.72 Å². The number of fused-ring (bicyclic) bond motifs is 1. The second-order valence-corrected chi connectivity index (χ2v) is 6.17. The Bertz CT molecular complexity index is 875. The number of nitrogens with one attached hydrogen (secondary N) is 1. The first kappa shape index (κ1) is 15.4. The van der Waals surface area contributed by atoms with Gasteiger partial charge in [-0.05, 0) is 11.1 Å². The predicted octanol–water partition coefficient (Wildman–Crippen LogP) is 1.41. The smallest absolute Gasteiger partial charge is 0.279 e. The molecule has 0 bridgehead atoms. The number of benzene rings is 2. The number of carbonyl (C=O) groups is 1. The monoisotopic (exact) mass is 332 g/mol. The van der Waals surface area contributed by atoms with E-state index in [1.165, 1.54) is 4.90 Å². The largest absolute Gasteiger partial charge is 0.362 e. The highest BCUT2D eigenvalue weighted by Gasteiger charge is 2.63. The Kier molecular flexibility index (Phi) is 3.52. The van der Waals surface area contributed by atoms with Crippen molar-refractivity contribution in [2.75, 3.05) is 6.54 Å². The Balaban J connectivity index is 1.85. The van der Waals surface area contributed by atoms with Crippen molar-refractivity contribution in [2.45, 2.75) is 11.8 Å². The molecular formula is C19H16N4O2. The van der Waals surface area contributed by atoms with Gasteiger partial charge >= 0.3 is 0 Å². The number of hydrazone groups is 1. The summed E-state index contributed by atoms with van der Waals surface area (Å²) in [5.74, 6) is -1.12. The predicted molar refractivity (Wildman–Crippen MR) is 91.1 cm³/mol. The van der Waals surface area contributed by atoms with E-state index in [9.17, 15) is 9.90 Å². The van der Waals surface area contributed by atoms with Crippen LogP contribution in [-0.2, 0) is 4.79 Å². The second-order valence-electron chi connectivity index (χ2n) is 6.17. The van der Waals surface area contributed by atoms with Crippen LogP contribution < -0.4 is 5.43 Å². The van der Waals surface area contributed by atoms with E-state index >= 15 is 0 Å². The fourth-order valence-corrected chi connectivity index (χ4v) is 3.69. The number of hydrogen-bond donors (Lipinski definition) is 2. The third-order valence-corrected chi connectivity index (χ3v) is 4.78. The highest BCUT2D eigenvalue weighted by atomic mass is 16.3. The normalized spacial score (nSPS) is 27.4. The Morgan fingerprint density at radius 2 is 1.80 bits per heavy atom. The van der Waals surface area contributed by atoms with E-state index < -0.39 is 23.6 Å². The molecule has 2 aliphatic heterocycles. The van der Waals surface area contributed by atoms with Crippen LogP contribution in [-0.4, -0.2) is 33.9 Å². The number of carbonyl (C=O) groups excluding carboxylic acids is 1. The van der Waals surface area contributed by atoms with E-state index in [1.54, 1.807) is 0 Å². The fraction of sp³-hybridized carbons (Fsp3) is 0.211. The lowest BCUT2D eigenvalue weighted by molar-refractivity contribution is -0.146.